The van der Waals surface area contributed by atoms with Crippen molar-refractivity contribution in [3.8, 4) is 0 Å². The predicted molar refractivity (Wildman–Crippen MR) is 65.2 cm³/mol. The Morgan fingerprint density at radius 1 is 1.56 bits per heavy atom. The molecule has 90 valence electrons. The van der Waals surface area contributed by atoms with Gasteiger partial charge in [0.1, 0.15) is 5.76 Å². The van der Waals surface area contributed by atoms with Crippen LogP contribution in [0.15, 0.2) is 22.8 Å². The van der Waals surface area contributed by atoms with E-state index in [9.17, 15) is 0 Å². The highest BCUT2D eigenvalue weighted by Crippen LogP contribution is 2.18. The van der Waals surface area contributed by atoms with Gasteiger partial charge in [-0.2, -0.15) is 0 Å². The lowest BCUT2D eigenvalue weighted by Crippen LogP contribution is -2.30. The maximum atomic E-state index is 5.37. The van der Waals surface area contributed by atoms with E-state index in [0.29, 0.717) is 6.04 Å². The molecule has 0 radical (unpaired) electrons. The highest BCUT2D eigenvalue weighted by molar-refractivity contribution is 4.98. The normalized spacial score (nSPS) is 22.1. The summed E-state index contributed by atoms with van der Waals surface area (Å²) in [4.78, 5) is 2.48. The molecule has 3 heteroatoms. The van der Waals surface area contributed by atoms with Crippen LogP contribution in [-0.4, -0.2) is 30.6 Å². The Bertz CT molecular complexity index is 295. The smallest absolute Gasteiger partial charge is 0.117 e. The van der Waals surface area contributed by atoms with E-state index in [1.165, 1.54) is 19.5 Å². The van der Waals surface area contributed by atoms with Crippen molar-refractivity contribution in [1.29, 1.82) is 0 Å². The summed E-state index contributed by atoms with van der Waals surface area (Å²) < 4.78 is 5.37. The van der Waals surface area contributed by atoms with Crippen molar-refractivity contribution in [3.05, 3.63) is 24.2 Å². The van der Waals surface area contributed by atoms with Crippen molar-refractivity contribution >= 4 is 0 Å². The van der Waals surface area contributed by atoms with Gasteiger partial charge in [0, 0.05) is 12.6 Å². The first-order valence-corrected chi connectivity index (χ1v) is 6.22. The minimum Gasteiger partial charge on any atom is -0.468 e. The zero-order chi connectivity index (χ0) is 11.4. The average molecular weight is 222 g/mol. The molecule has 0 aromatic carbocycles. The third-order valence-corrected chi connectivity index (χ3v) is 3.14. The molecular formula is C13H22N2O. The highest BCUT2D eigenvalue weighted by Gasteiger charge is 2.22. The minimum absolute atomic E-state index is 0.596. The Labute approximate surface area is 97.8 Å². The van der Waals surface area contributed by atoms with Crippen molar-refractivity contribution in [1.82, 2.24) is 10.2 Å². The van der Waals surface area contributed by atoms with E-state index in [1.54, 1.807) is 6.26 Å². The highest BCUT2D eigenvalue weighted by atomic mass is 16.3. The Hall–Kier alpha value is -0.800. The standard InChI is InChI=1S/C13H22N2O/c1-11(2)14-8-12-5-6-15(9-12)10-13-4-3-7-16-13/h3-4,7,11-12,14H,5-6,8-10H2,1-2H3. The second kappa shape index (κ2) is 5.51. The van der Waals surface area contributed by atoms with E-state index in [0.717, 1.165) is 24.8 Å². The first kappa shape index (κ1) is 11.7. The van der Waals surface area contributed by atoms with Crippen LogP contribution in [0.2, 0.25) is 0 Å². The van der Waals surface area contributed by atoms with Crippen LogP contribution in [0, 0.1) is 5.92 Å². The Morgan fingerprint density at radius 2 is 2.44 bits per heavy atom. The van der Waals surface area contributed by atoms with Gasteiger partial charge < -0.3 is 9.73 Å². The molecule has 1 atom stereocenters. The summed E-state index contributed by atoms with van der Waals surface area (Å²) in [7, 11) is 0. The summed E-state index contributed by atoms with van der Waals surface area (Å²) in [5.41, 5.74) is 0. The van der Waals surface area contributed by atoms with E-state index in [4.69, 9.17) is 4.42 Å². The molecule has 3 nitrogen and oxygen atoms in total. The van der Waals surface area contributed by atoms with Crippen LogP contribution in [0.1, 0.15) is 26.0 Å². The van der Waals surface area contributed by atoms with Gasteiger partial charge in [0.05, 0.1) is 12.8 Å². The van der Waals surface area contributed by atoms with Crippen LogP contribution in [0.5, 0.6) is 0 Å². The number of nitrogens with one attached hydrogen (secondary N) is 1. The maximum Gasteiger partial charge on any atom is 0.117 e. The molecule has 1 aliphatic rings. The van der Waals surface area contributed by atoms with Crippen LogP contribution < -0.4 is 5.32 Å². The molecule has 1 N–H and O–H groups in total. The van der Waals surface area contributed by atoms with Crippen molar-refractivity contribution in [2.45, 2.75) is 32.9 Å². The monoisotopic (exact) mass is 222 g/mol. The molecule has 0 bridgehead atoms. The quantitative estimate of drug-likeness (QED) is 0.827. The molecule has 1 unspecified atom stereocenters. The molecule has 0 aliphatic carbocycles. The van der Waals surface area contributed by atoms with E-state index < -0.39 is 0 Å². The summed E-state index contributed by atoms with van der Waals surface area (Å²) >= 11 is 0. The van der Waals surface area contributed by atoms with Gasteiger partial charge in [0.25, 0.3) is 0 Å². The Balaban J connectivity index is 1.71. The average Bonchev–Trinajstić information content (AvgIpc) is 2.87. The largest absolute Gasteiger partial charge is 0.468 e. The predicted octanol–water partition coefficient (Wildman–Crippen LogP) is 2.10. The third kappa shape index (κ3) is 3.35. The number of rotatable bonds is 5. The summed E-state index contributed by atoms with van der Waals surface area (Å²) in [6, 6.07) is 4.61. The lowest BCUT2D eigenvalue weighted by molar-refractivity contribution is 0.284. The van der Waals surface area contributed by atoms with E-state index >= 15 is 0 Å². The zero-order valence-corrected chi connectivity index (χ0v) is 10.3. The van der Waals surface area contributed by atoms with Gasteiger partial charge in [-0.1, -0.05) is 13.8 Å². The molecule has 1 aromatic rings. The second-order valence-corrected chi connectivity index (χ2v) is 5.03. The molecule has 0 amide bonds. The van der Waals surface area contributed by atoms with Crippen molar-refractivity contribution in [2.24, 2.45) is 5.92 Å². The zero-order valence-electron chi connectivity index (χ0n) is 10.3. The molecule has 0 saturated carbocycles. The van der Waals surface area contributed by atoms with E-state index in [2.05, 4.69) is 30.1 Å². The molecule has 2 rings (SSSR count). The van der Waals surface area contributed by atoms with Crippen molar-refractivity contribution in [3.63, 3.8) is 0 Å². The van der Waals surface area contributed by atoms with Crippen LogP contribution in [0.4, 0.5) is 0 Å². The molecular weight excluding hydrogens is 200 g/mol. The molecule has 1 saturated heterocycles. The van der Waals surface area contributed by atoms with Gasteiger partial charge in [-0.3, -0.25) is 4.90 Å². The van der Waals surface area contributed by atoms with Crippen molar-refractivity contribution < 1.29 is 4.42 Å². The van der Waals surface area contributed by atoms with Crippen LogP contribution >= 0.6 is 0 Å². The first-order chi connectivity index (χ1) is 7.74. The van der Waals surface area contributed by atoms with Crippen LogP contribution in [0.3, 0.4) is 0 Å². The molecule has 2 heterocycles. The number of hydrogen-bond donors (Lipinski definition) is 1. The molecule has 1 aromatic heterocycles. The molecule has 1 aliphatic heterocycles. The molecule has 1 fully saturated rings. The minimum atomic E-state index is 0.596. The fraction of sp³-hybridized carbons (Fsp3) is 0.692. The van der Waals surface area contributed by atoms with E-state index in [-0.39, 0.29) is 0 Å². The Kier molecular flexibility index (Phi) is 4.02. The summed E-state index contributed by atoms with van der Waals surface area (Å²) in [6.07, 6.45) is 3.06. The number of furan rings is 1. The number of likely N-dealkylation sites (tertiary alicyclic amines) is 1. The first-order valence-electron chi connectivity index (χ1n) is 6.22. The van der Waals surface area contributed by atoms with Crippen molar-refractivity contribution in [2.75, 3.05) is 19.6 Å². The van der Waals surface area contributed by atoms with E-state index in [1.807, 2.05) is 6.07 Å². The number of nitrogens with zero attached hydrogens (tertiary/aromatic N) is 1. The fourth-order valence-electron chi connectivity index (χ4n) is 2.25. The SMILES string of the molecule is CC(C)NCC1CCN(Cc2ccco2)C1. The van der Waals surface area contributed by atoms with Gasteiger partial charge in [0.2, 0.25) is 0 Å². The summed E-state index contributed by atoms with van der Waals surface area (Å²) in [6.45, 7) is 8.91. The van der Waals surface area contributed by atoms with Gasteiger partial charge in [-0.25, -0.2) is 0 Å². The number of hydrogen-bond acceptors (Lipinski definition) is 3. The van der Waals surface area contributed by atoms with Gasteiger partial charge in [0.15, 0.2) is 0 Å². The molecule has 16 heavy (non-hydrogen) atoms. The topological polar surface area (TPSA) is 28.4 Å². The fourth-order valence-corrected chi connectivity index (χ4v) is 2.25. The lowest BCUT2D eigenvalue weighted by Gasteiger charge is -2.16. The maximum absolute atomic E-state index is 5.37. The van der Waals surface area contributed by atoms with Crippen LogP contribution in [-0.2, 0) is 6.54 Å². The van der Waals surface area contributed by atoms with Crippen LogP contribution in [0.25, 0.3) is 0 Å². The lowest BCUT2D eigenvalue weighted by atomic mass is 10.1. The van der Waals surface area contributed by atoms with Gasteiger partial charge in [-0.05, 0) is 37.6 Å². The second-order valence-electron chi connectivity index (χ2n) is 5.03. The summed E-state index contributed by atoms with van der Waals surface area (Å²) in [5.74, 6) is 1.88. The third-order valence-electron chi connectivity index (χ3n) is 3.14. The Morgan fingerprint density at radius 3 is 3.12 bits per heavy atom. The van der Waals surface area contributed by atoms with Gasteiger partial charge in [-0.15, -0.1) is 0 Å². The molecule has 0 spiro atoms. The van der Waals surface area contributed by atoms with Gasteiger partial charge >= 0.3 is 0 Å². The summed E-state index contributed by atoms with van der Waals surface area (Å²) in [5, 5.41) is 3.52.